The van der Waals surface area contributed by atoms with Crippen molar-refractivity contribution in [3.8, 4) is 0 Å². The Balaban J connectivity index is 2.32. The van der Waals surface area contributed by atoms with Crippen LogP contribution < -0.4 is 5.73 Å². The van der Waals surface area contributed by atoms with Crippen molar-refractivity contribution in [2.75, 3.05) is 0 Å². The van der Waals surface area contributed by atoms with Gasteiger partial charge in [-0.15, -0.1) is 0 Å². The molecule has 1 heterocycles. The van der Waals surface area contributed by atoms with Crippen LogP contribution in [-0.2, 0) is 6.42 Å². The van der Waals surface area contributed by atoms with Gasteiger partial charge in [-0.1, -0.05) is 23.4 Å². The van der Waals surface area contributed by atoms with Gasteiger partial charge in [-0.25, -0.2) is 0 Å². The fraction of sp³-hybridized carbons (Fsp3) is 0.0909. The predicted molar refractivity (Wildman–Crippen MR) is 54.3 cm³/mol. The summed E-state index contributed by atoms with van der Waals surface area (Å²) >= 11 is 0. The Morgan fingerprint density at radius 1 is 1.33 bits per heavy atom. The van der Waals surface area contributed by atoms with Crippen LogP contribution in [0.2, 0.25) is 0 Å². The number of rotatable bonds is 3. The first-order chi connectivity index (χ1) is 7.27. The minimum Gasteiger partial charge on any atom is -0.366 e. The fourth-order valence-electron chi connectivity index (χ4n) is 1.44. The zero-order valence-electron chi connectivity index (χ0n) is 8.01. The number of hydrogen-bond donors (Lipinski definition) is 1. The first-order valence-electron chi connectivity index (χ1n) is 4.54. The maximum atomic E-state index is 11.1. The zero-order chi connectivity index (χ0) is 10.7. The summed E-state index contributed by atoms with van der Waals surface area (Å²) < 4.78 is 4.97. The minimum atomic E-state index is -0.426. The van der Waals surface area contributed by atoms with Crippen molar-refractivity contribution in [1.82, 2.24) is 5.16 Å². The smallest absolute Gasteiger partial charge is 0.248 e. The third-order valence-electron chi connectivity index (χ3n) is 2.14. The van der Waals surface area contributed by atoms with Crippen LogP contribution in [-0.4, -0.2) is 11.1 Å². The van der Waals surface area contributed by atoms with Gasteiger partial charge in [-0.3, -0.25) is 4.79 Å². The standard InChI is InChI=1S/C11H10N2O2/c12-11(14)10-4-2-1-3-8(10)7-9-5-6-13-15-9/h1-6H,7H2,(H2,12,14). The van der Waals surface area contributed by atoms with E-state index in [1.54, 1.807) is 24.4 Å². The summed E-state index contributed by atoms with van der Waals surface area (Å²) in [6.45, 7) is 0. The molecule has 0 bridgehead atoms. The number of hydrogen-bond acceptors (Lipinski definition) is 3. The largest absolute Gasteiger partial charge is 0.366 e. The molecule has 2 rings (SSSR count). The average molecular weight is 202 g/mol. The van der Waals surface area contributed by atoms with Gasteiger partial charge in [0.05, 0.1) is 6.20 Å². The van der Waals surface area contributed by atoms with E-state index in [1.807, 2.05) is 12.1 Å². The lowest BCUT2D eigenvalue weighted by molar-refractivity contribution is 0.0999. The normalized spacial score (nSPS) is 10.1. The lowest BCUT2D eigenvalue weighted by atomic mass is 10.0. The molecule has 0 radical (unpaired) electrons. The van der Waals surface area contributed by atoms with Crippen molar-refractivity contribution in [3.05, 3.63) is 53.4 Å². The van der Waals surface area contributed by atoms with Gasteiger partial charge >= 0.3 is 0 Å². The molecular weight excluding hydrogens is 192 g/mol. The molecular formula is C11H10N2O2. The topological polar surface area (TPSA) is 69.1 Å². The molecule has 0 atom stereocenters. The van der Waals surface area contributed by atoms with Crippen LogP contribution in [0.4, 0.5) is 0 Å². The predicted octanol–water partition coefficient (Wildman–Crippen LogP) is 1.36. The highest BCUT2D eigenvalue weighted by Crippen LogP contribution is 2.13. The van der Waals surface area contributed by atoms with E-state index < -0.39 is 5.91 Å². The van der Waals surface area contributed by atoms with Gasteiger partial charge in [0.2, 0.25) is 5.91 Å². The Bertz CT molecular complexity index is 463. The minimum absolute atomic E-state index is 0.426. The zero-order valence-corrected chi connectivity index (χ0v) is 8.01. The lowest BCUT2D eigenvalue weighted by Gasteiger charge is -2.03. The molecule has 0 unspecified atom stereocenters. The molecule has 0 spiro atoms. The maximum Gasteiger partial charge on any atom is 0.248 e. The molecule has 0 aliphatic carbocycles. The van der Waals surface area contributed by atoms with E-state index >= 15 is 0 Å². The molecule has 4 nitrogen and oxygen atoms in total. The van der Waals surface area contributed by atoms with Crippen molar-refractivity contribution >= 4 is 5.91 Å². The van der Waals surface area contributed by atoms with E-state index in [0.717, 1.165) is 5.56 Å². The monoisotopic (exact) mass is 202 g/mol. The summed E-state index contributed by atoms with van der Waals surface area (Å²) in [6, 6.07) is 8.95. The highest BCUT2D eigenvalue weighted by molar-refractivity contribution is 5.94. The summed E-state index contributed by atoms with van der Waals surface area (Å²) in [7, 11) is 0. The second kappa shape index (κ2) is 3.96. The molecule has 2 aromatic rings. The molecule has 0 aliphatic heterocycles. The van der Waals surface area contributed by atoms with E-state index in [2.05, 4.69) is 5.16 Å². The molecule has 0 fully saturated rings. The van der Waals surface area contributed by atoms with Crippen molar-refractivity contribution in [3.63, 3.8) is 0 Å². The van der Waals surface area contributed by atoms with Crippen LogP contribution in [0.5, 0.6) is 0 Å². The van der Waals surface area contributed by atoms with Gasteiger partial charge in [0, 0.05) is 18.1 Å². The summed E-state index contributed by atoms with van der Waals surface area (Å²) in [5.41, 5.74) is 6.63. The van der Waals surface area contributed by atoms with Gasteiger partial charge < -0.3 is 10.3 Å². The average Bonchev–Trinajstić information content (AvgIpc) is 2.71. The molecule has 1 amide bonds. The number of carbonyl (C=O) groups is 1. The van der Waals surface area contributed by atoms with Crippen molar-refractivity contribution in [1.29, 1.82) is 0 Å². The first-order valence-corrected chi connectivity index (χ1v) is 4.54. The van der Waals surface area contributed by atoms with Gasteiger partial charge in [-0.2, -0.15) is 0 Å². The molecule has 2 N–H and O–H groups in total. The number of nitrogens with zero attached hydrogens (tertiary/aromatic N) is 1. The van der Waals surface area contributed by atoms with Gasteiger partial charge in [0.25, 0.3) is 0 Å². The van der Waals surface area contributed by atoms with E-state index in [4.69, 9.17) is 10.3 Å². The Morgan fingerprint density at radius 3 is 2.80 bits per heavy atom. The molecule has 15 heavy (non-hydrogen) atoms. The summed E-state index contributed by atoms with van der Waals surface area (Å²) in [5.74, 6) is 0.286. The number of amides is 1. The van der Waals surface area contributed by atoms with E-state index in [0.29, 0.717) is 17.7 Å². The van der Waals surface area contributed by atoms with E-state index in [9.17, 15) is 4.79 Å². The van der Waals surface area contributed by atoms with Gasteiger partial charge in [-0.05, 0) is 11.6 Å². The highest BCUT2D eigenvalue weighted by atomic mass is 16.5. The summed E-state index contributed by atoms with van der Waals surface area (Å²) in [5, 5.41) is 3.60. The van der Waals surface area contributed by atoms with Crippen molar-refractivity contribution in [2.24, 2.45) is 5.73 Å². The van der Waals surface area contributed by atoms with Crippen LogP contribution in [0, 0.1) is 0 Å². The van der Waals surface area contributed by atoms with Crippen LogP contribution >= 0.6 is 0 Å². The lowest BCUT2D eigenvalue weighted by Crippen LogP contribution is -2.13. The molecule has 0 aliphatic rings. The SMILES string of the molecule is NC(=O)c1ccccc1Cc1ccno1. The van der Waals surface area contributed by atoms with Crippen molar-refractivity contribution < 1.29 is 9.32 Å². The molecule has 0 saturated heterocycles. The number of aromatic nitrogens is 1. The number of nitrogens with two attached hydrogens (primary N) is 1. The Kier molecular flexibility index (Phi) is 2.49. The fourth-order valence-corrected chi connectivity index (χ4v) is 1.44. The molecule has 1 aromatic carbocycles. The van der Waals surface area contributed by atoms with Gasteiger partial charge in [0.15, 0.2) is 0 Å². The molecule has 4 heteroatoms. The van der Waals surface area contributed by atoms with Crippen LogP contribution in [0.1, 0.15) is 21.7 Å². The Hall–Kier alpha value is -2.10. The Morgan fingerprint density at radius 2 is 2.13 bits per heavy atom. The molecule has 1 aromatic heterocycles. The Labute approximate surface area is 86.7 Å². The molecule has 76 valence electrons. The number of carbonyl (C=O) groups excluding carboxylic acids is 1. The maximum absolute atomic E-state index is 11.1. The highest BCUT2D eigenvalue weighted by Gasteiger charge is 2.08. The first kappa shape index (κ1) is 9.45. The summed E-state index contributed by atoms with van der Waals surface area (Å²) in [6.07, 6.45) is 2.10. The van der Waals surface area contributed by atoms with Crippen LogP contribution in [0.15, 0.2) is 41.1 Å². The quantitative estimate of drug-likeness (QED) is 0.817. The van der Waals surface area contributed by atoms with Crippen molar-refractivity contribution in [2.45, 2.75) is 6.42 Å². The third-order valence-corrected chi connectivity index (χ3v) is 2.14. The van der Waals surface area contributed by atoms with E-state index in [-0.39, 0.29) is 0 Å². The van der Waals surface area contributed by atoms with E-state index in [1.165, 1.54) is 0 Å². The van der Waals surface area contributed by atoms with Gasteiger partial charge in [0.1, 0.15) is 5.76 Å². The second-order valence-electron chi connectivity index (χ2n) is 3.18. The summed E-state index contributed by atoms with van der Waals surface area (Å²) in [4.78, 5) is 11.1. The second-order valence-corrected chi connectivity index (χ2v) is 3.18. The number of primary amides is 1. The number of benzene rings is 1. The van der Waals surface area contributed by atoms with Crippen LogP contribution in [0.25, 0.3) is 0 Å². The molecule has 0 saturated carbocycles. The third kappa shape index (κ3) is 2.04. The van der Waals surface area contributed by atoms with Crippen LogP contribution in [0.3, 0.4) is 0 Å².